The van der Waals surface area contributed by atoms with Crippen LogP contribution in [-0.4, -0.2) is 21.6 Å². The fraction of sp³-hybridized carbons (Fsp3) is 0.333. The van der Waals surface area contributed by atoms with E-state index in [2.05, 4.69) is 9.97 Å². The predicted octanol–water partition coefficient (Wildman–Crippen LogP) is 1.48. The average Bonchev–Trinajstić information content (AvgIpc) is 2.58. The van der Waals surface area contributed by atoms with Gasteiger partial charge in [0.25, 0.3) is 0 Å². The molecule has 2 rings (SSSR count). The first-order chi connectivity index (χ1) is 6.74. The van der Waals surface area contributed by atoms with Gasteiger partial charge in [0.15, 0.2) is 5.82 Å². The molecule has 74 valence electrons. The van der Waals surface area contributed by atoms with Gasteiger partial charge in [0, 0.05) is 7.11 Å². The number of imidazole rings is 1. The topological polar surface area (TPSA) is 39.9 Å². The van der Waals surface area contributed by atoms with E-state index in [-0.39, 0.29) is 12.5 Å². The number of hydrogen-bond acceptors (Lipinski definition) is 3. The molecular formula is C9H10FN3O. The van der Waals surface area contributed by atoms with Crippen molar-refractivity contribution >= 4 is 11.0 Å². The van der Waals surface area contributed by atoms with Crippen molar-refractivity contribution < 1.29 is 9.13 Å². The average molecular weight is 195 g/mol. The second-order valence-corrected chi connectivity index (χ2v) is 3.02. The van der Waals surface area contributed by atoms with Crippen LogP contribution in [0.3, 0.4) is 0 Å². The Bertz CT molecular complexity index is 466. The molecule has 5 heteroatoms. The summed E-state index contributed by atoms with van der Waals surface area (Å²) >= 11 is 0. The van der Waals surface area contributed by atoms with Gasteiger partial charge in [-0.05, 0) is 6.92 Å². The summed E-state index contributed by atoms with van der Waals surface area (Å²) in [7, 11) is 1.55. The Balaban J connectivity index is 2.70. The van der Waals surface area contributed by atoms with E-state index in [1.54, 1.807) is 24.9 Å². The molecular weight excluding hydrogens is 185 g/mol. The van der Waals surface area contributed by atoms with Gasteiger partial charge in [-0.2, -0.15) is 0 Å². The molecule has 14 heavy (non-hydrogen) atoms. The number of pyridine rings is 1. The molecule has 2 heterocycles. The molecule has 2 aromatic heterocycles. The van der Waals surface area contributed by atoms with Crippen molar-refractivity contribution in [1.29, 1.82) is 0 Å². The molecule has 0 fully saturated rings. The van der Waals surface area contributed by atoms with Gasteiger partial charge >= 0.3 is 0 Å². The van der Waals surface area contributed by atoms with Gasteiger partial charge in [0.1, 0.15) is 17.8 Å². The Kier molecular flexibility index (Phi) is 2.17. The number of aromatic nitrogens is 3. The summed E-state index contributed by atoms with van der Waals surface area (Å²) in [5.74, 6) is -0.375. The number of hydrogen-bond donors (Lipinski definition) is 0. The quantitative estimate of drug-likeness (QED) is 0.728. The van der Waals surface area contributed by atoms with Crippen LogP contribution in [0.2, 0.25) is 0 Å². The van der Waals surface area contributed by atoms with E-state index in [1.165, 1.54) is 6.20 Å². The minimum atomic E-state index is -0.375. The van der Waals surface area contributed by atoms with E-state index in [1.807, 2.05) is 0 Å². The van der Waals surface area contributed by atoms with Gasteiger partial charge in [-0.15, -0.1) is 0 Å². The van der Waals surface area contributed by atoms with E-state index >= 15 is 0 Å². The monoisotopic (exact) mass is 195 g/mol. The predicted molar refractivity (Wildman–Crippen MR) is 49.2 cm³/mol. The normalized spacial score (nSPS) is 11.1. The van der Waals surface area contributed by atoms with E-state index in [0.717, 1.165) is 5.69 Å². The van der Waals surface area contributed by atoms with Crippen LogP contribution in [0.1, 0.15) is 5.69 Å². The summed E-state index contributed by atoms with van der Waals surface area (Å²) in [5.41, 5.74) is 1.75. The first-order valence-electron chi connectivity index (χ1n) is 4.19. The number of methoxy groups -OCH3 is 1. The maximum absolute atomic E-state index is 13.4. The zero-order chi connectivity index (χ0) is 10.1. The number of ether oxygens (including phenoxy) is 1. The Morgan fingerprint density at radius 3 is 3.00 bits per heavy atom. The highest BCUT2D eigenvalue weighted by atomic mass is 19.1. The lowest BCUT2D eigenvalue weighted by molar-refractivity contribution is 0.134. The summed E-state index contributed by atoms with van der Waals surface area (Å²) in [4.78, 5) is 7.97. The highest BCUT2D eigenvalue weighted by Gasteiger charge is 2.10. The molecule has 0 saturated heterocycles. The Morgan fingerprint density at radius 2 is 2.29 bits per heavy atom. The van der Waals surface area contributed by atoms with Crippen molar-refractivity contribution in [1.82, 2.24) is 14.5 Å². The molecule has 0 aliphatic rings. The molecule has 0 aromatic carbocycles. The standard InChI is InChI=1S/C9H10FN3O/c1-6-8-9(7(10)3-11-6)13(4-12-8)5-14-2/h3-4H,5H2,1-2H3. The van der Waals surface area contributed by atoms with Gasteiger partial charge in [0.2, 0.25) is 0 Å². The summed E-state index contributed by atoms with van der Waals surface area (Å²) in [6.45, 7) is 2.09. The minimum Gasteiger partial charge on any atom is -0.364 e. The first-order valence-corrected chi connectivity index (χ1v) is 4.19. The molecule has 0 unspecified atom stereocenters. The summed E-state index contributed by atoms with van der Waals surface area (Å²) in [5, 5.41) is 0. The number of rotatable bonds is 2. The van der Waals surface area contributed by atoms with Crippen molar-refractivity contribution in [3.63, 3.8) is 0 Å². The summed E-state index contributed by atoms with van der Waals surface area (Å²) in [6, 6.07) is 0. The molecule has 0 aliphatic heterocycles. The van der Waals surface area contributed by atoms with E-state index in [9.17, 15) is 4.39 Å². The van der Waals surface area contributed by atoms with Gasteiger partial charge < -0.3 is 9.30 Å². The summed E-state index contributed by atoms with van der Waals surface area (Å²) in [6.07, 6.45) is 2.75. The minimum absolute atomic E-state index is 0.289. The van der Waals surface area contributed by atoms with Gasteiger partial charge in [-0.3, -0.25) is 4.98 Å². The van der Waals surface area contributed by atoms with Crippen LogP contribution in [0.4, 0.5) is 4.39 Å². The molecule has 0 radical (unpaired) electrons. The van der Waals surface area contributed by atoms with Crippen LogP contribution in [-0.2, 0) is 11.5 Å². The van der Waals surface area contributed by atoms with Crippen molar-refractivity contribution in [2.75, 3.05) is 7.11 Å². The van der Waals surface area contributed by atoms with Crippen LogP contribution >= 0.6 is 0 Å². The first kappa shape index (κ1) is 9.08. The van der Waals surface area contributed by atoms with Crippen LogP contribution in [0.15, 0.2) is 12.5 Å². The molecule has 0 N–H and O–H groups in total. The molecule has 0 bridgehead atoms. The third-order valence-corrected chi connectivity index (χ3v) is 2.05. The maximum Gasteiger partial charge on any atom is 0.167 e. The SMILES string of the molecule is COCn1cnc2c(C)ncc(F)c21. The van der Waals surface area contributed by atoms with Crippen molar-refractivity contribution in [3.8, 4) is 0 Å². The van der Waals surface area contributed by atoms with Crippen LogP contribution in [0.25, 0.3) is 11.0 Å². The fourth-order valence-corrected chi connectivity index (χ4v) is 1.41. The van der Waals surface area contributed by atoms with Crippen molar-refractivity contribution in [2.45, 2.75) is 13.7 Å². The van der Waals surface area contributed by atoms with E-state index < -0.39 is 0 Å². The Labute approximate surface area is 80.3 Å². The molecule has 0 amide bonds. The van der Waals surface area contributed by atoms with Crippen LogP contribution < -0.4 is 0 Å². The molecule has 0 atom stereocenters. The largest absolute Gasteiger partial charge is 0.364 e. The lowest BCUT2D eigenvalue weighted by Crippen LogP contribution is -1.99. The lowest BCUT2D eigenvalue weighted by atomic mass is 10.3. The number of nitrogens with zero attached hydrogens (tertiary/aromatic N) is 3. The van der Waals surface area contributed by atoms with Crippen LogP contribution in [0, 0.1) is 12.7 Å². The van der Waals surface area contributed by atoms with Crippen LogP contribution in [0.5, 0.6) is 0 Å². The Hall–Kier alpha value is -1.49. The highest BCUT2D eigenvalue weighted by Crippen LogP contribution is 2.18. The third-order valence-electron chi connectivity index (χ3n) is 2.05. The van der Waals surface area contributed by atoms with Gasteiger partial charge in [-0.25, -0.2) is 9.37 Å². The van der Waals surface area contributed by atoms with E-state index in [0.29, 0.717) is 11.0 Å². The van der Waals surface area contributed by atoms with Crippen molar-refractivity contribution in [3.05, 3.63) is 24.0 Å². The smallest absolute Gasteiger partial charge is 0.167 e. The number of aryl methyl sites for hydroxylation is 1. The van der Waals surface area contributed by atoms with Gasteiger partial charge in [0.05, 0.1) is 18.2 Å². The third kappa shape index (κ3) is 1.26. The molecule has 2 aromatic rings. The zero-order valence-electron chi connectivity index (χ0n) is 7.99. The zero-order valence-corrected chi connectivity index (χ0v) is 7.99. The molecule has 0 saturated carbocycles. The fourth-order valence-electron chi connectivity index (χ4n) is 1.41. The van der Waals surface area contributed by atoms with E-state index in [4.69, 9.17) is 4.74 Å². The molecule has 0 spiro atoms. The second-order valence-electron chi connectivity index (χ2n) is 3.02. The highest BCUT2D eigenvalue weighted by molar-refractivity contribution is 5.77. The summed E-state index contributed by atoms with van der Waals surface area (Å²) < 4.78 is 19.9. The Morgan fingerprint density at radius 1 is 1.50 bits per heavy atom. The van der Waals surface area contributed by atoms with Gasteiger partial charge in [-0.1, -0.05) is 0 Å². The number of halogens is 1. The molecule has 4 nitrogen and oxygen atoms in total. The lowest BCUT2D eigenvalue weighted by Gasteiger charge is -2.02. The second kappa shape index (κ2) is 3.34. The van der Waals surface area contributed by atoms with Crippen molar-refractivity contribution in [2.24, 2.45) is 0 Å². The number of fused-ring (bicyclic) bond motifs is 1. The molecule has 0 aliphatic carbocycles. The maximum atomic E-state index is 13.4.